The Morgan fingerprint density at radius 2 is 1.86 bits per heavy atom. The smallest absolute Gasteiger partial charge is 0.254 e. The van der Waals surface area contributed by atoms with E-state index in [0.717, 1.165) is 16.5 Å². The molecule has 0 spiro atoms. The predicted molar refractivity (Wildman–Crippen MR) is 83.2 cm³/mol. The van der Waals surface area contributed by atoms with Crippen LogP contribution in [0.25, 0.3) is 0 Å². The minimum Gasteiger partial charge on any atom is -0.497 e. The van der Waals surface area contributed by atoms with Crippen molar-refractivity contribution in [3.8, 4) is 5.75 Å². The van der Waals surface area contributed by atoms with Crippen LogP contribution in [0.15, 0.2) is 42.5 Å². The van der Waals surface area contributed by atoms with E-state index in [1.165, 1.54) is 19.2 Å². The molecule has 1 amide bonds. The van der Waals surface area contributed by atoms with Crippen LogP contribution in [0.5, 0.6) is 5.75 Å². The van der Waals surface area contributed by atoms with Crippen LogP contribution in [0.1, 0.15) is 21.5 Å². The average Bonchev–Trinajstić information content (AvgIpc) is 2.52. The van der Waals surface area contributed by atoms with Gasteiger partial charge in [-0.1, -0.05) is 40.2 Å². The van der Waals surface area contributed by atoms with Crippen LogP contribution in [0.2, 0.25) is 0 Å². The fourth-order valence-electron chi connectivity index (χ4n) is 1.83. The van der Waals surface area contributed by atoms with Crippen molar-refractivity contribution in [2.75, 3.05) is 7.11 Å². The fourth-order valence-corrected chi connectivity index (χ4v) is 2.20. The van der Waals surface area contributed by atoms with E-state index in [0.29, 0.717) is 12.3 Å². The quantitative estimate of drug-likeness (QED) is 0.834. The summed E-state index contributed by atoms with van der Waals surface area (Å²) in [4.78, 5) is 12.0. The van der Waals surface area contributed by atoms with Gasteiger partial charge in [0, 0.05) is 17.9 Å². The molecule has 21 heavy (non-hydrogen) atoms. The van der Waals surface area contributed by atoms with E-state index in [1.807, 2.05) is 24.3 Å². The Balaban J connectivity index is 2.00. The fraction of sp³-hybridized carbons (Fsp3) is 0.188. The summed E-state index contributed by atoms with van der Waals surface area (Å²) in [7, 11) is 1.45. The number of halogens is 2. The maximum Gasteiger partial charge on any atom is 0.254 e. The summed E-state index contributed by atoms with van der Waals surface area (Å²) < 4.78 is 18.7. The molecule has 110 valence electrons. The third-order valence-electron chi connectivity index (χ3n) is 3.05. The molecule has 2 aromatic carbocycles. The molecule has 0 heterocycles. The lowest BCUT2D eigenvalue weighted by Crippen LogP contribution is -2.23. The predicted octanol–water partition coefficient (Wildman–Crippen LogP) is 3.66. The van der Waals surface area contributed by atoms with Crippen molar-refractivity contribution < 1.29 is 13.9 Å². The van der Waals surface area contributed by atoms with Crippen LogP contribution in [0.4, 0.5) is 4.39 Å². The number of rotatable bonds is 5. The van der Waals surface area contributed by atoms with Gasteiger partial charge >= 0.3 is 0 Å². The summed E-state index contributed by atoms with van der Waals surface area (Å²) >= 11 is 3.37. The molecule has 0 aliphatic rings. The summed E-state index contributed by atoms with van der Waals surface area (Å²) in [6.45, 7) is 0.354. The lowest BCUT2D eigenvalue weighted by atomic mass is 10.1. The highest BCUT2D eigenvalue weighted by Gasteiger charge is 2.12. The third kappa shape index (κ3) is 4.04. The average molecular weight is 352 g/mol. The van der Waals surface area contributed by atoms with Gasteiger partial charge in [0.15, 0.2) is 0 Å². The zero-order valence-electron chi connectivity index (χ0n) is 11.5. The molecule has 0 fully saturated rings. The maximum atomic E-state index is 13.8. The monoisotopic (exact) mass is 351 g/mol. The Labute approximate surface area is 131 Å². The highest BCUT2D eigenvalue weighted by Crippen LogP contribution is 2.16. The first-order chi connectivity index (χ1) is 10.1. The number of methoxy groups -OCH3 is 1. The Morgan fingerprint density at radius 3 is 2.43 bits per heavy atom. The van der Waals surface area contributed by atoms with Gasteiger partial charge in [0.05, 0.1) is 12.7 Å². The van der Waals surface area contributed by atoms with Gasteiger partial charge in [-0.25, -0.2) is 4.39 Å². The Bertz CT molecular complexity index is 629. The standard InChI is InChI=1S/C16H15BrFNO2/c1-21-13-6-7-14(15(18)8-13)16(20)19-10-12-4-2-11(9-17)3-5-12/h2-8H,9-10H2,1H3,(H,19,20). The number of amides is 1. The minimum atomic E-state index is -0.596. The van der Waals surface area contributed by atoms with Crippen LogP contribution in [-0.2, 0) is 11.9 Å². The second-order valence-corrected chi connectivity index (χ2v) is 5.04. The van der Waals surface area contributed by atoms with Gasteiger partial charge in [-0.3, -0.25) is 4.79 Å². The molecule has 0 saturated carbocycles. The zero-order chi connectivity index (χ0) is 15.2. The van der Waals surface area contributed by atoms with Crippen LogP contribution < -0.4 is 10.1 Å². The first kappa shape index (κ1) is 15.5. The van der Waals surface area contributed by atoms with Crippen LogP contribution in [0.3, 0.4) is 0 Å². The van der Waals surface area contributed by atoms with Crippen molar-refractivity contribution >= 4 is 21.8 Å². The molecule has 0 atom stereocenters. The van der Waals surface area contributed by atoms with Gasteiger partial charge in [0.2, 0.25) is 0 Å². The SMILES string of the molecule is COc1ccc(C(=O)NCc2ccc(CBr)cc2)c(F)c1. The summed E-state index contributed by atoms with van der Waals surface area (Å²) in [6.07, 6.45) is 0. The van der Waals surface area contributed by atoms with Crippen molar-refractivity contribution in [1.29, 1.82) is 0 Å². The molecule has 2 rings (SSSR count). The lowest BCUT2D eigenvalue weighted by molar-refractivity contribution is 0.0947. The number of benzene rings is 2. The maximum absolute atomic E-state index is 13.8. The van der Waals surface area contributed by atoms with Crippen molar-refractivity contribution in [1.82, 2.24) is 5.32 Å². The number of alkyl halides is 1. The van der Waals surface area contributed by atoms with Crippen LogP contribution >= 0.6 is 15.9 Å². The van der Waals surface area contributed by atoms with E-state index in [1.54, 1.807) is 6.07 Å². The van der Waals surface area contributed by atoms with Crippen LogP contribution in [0, 0.1) is 5.82 Å². The van der Waals surface area contributed by atoms with Crippen molar-refractivity contribution in [3.05, 3.63) is 65.0 Å². The Morgan fingerprint density at radius 1 is 1.19 bits per heavy atom. The van der Waals surface area contributed by atoms with Crippen molar-refractivity contribution in [3.63, 3.8) is 0 Å². The molecule has 0 unspecified atom stereocenters. The minimum absolute atomic E-state index is 0.00729. The first-order valence-electron chi connectivity index (χ1n) is 6.39. The lowest BCUT2D eigenvalue weighted by Gasteiger charge is -2.08. The highest BCUT2D eigenvalue weighted by molar-refractivity contribution is 9.08. The van der Waals surface area contributed by atoms with Gasteiger partial charge in [-0.2, -0.15) is 0 Å². The number of nitrogens with one attached hydrogen (secondary N) is 1. The number of hydrogen-bond acceptors (Lipinski definition) is 2. The molecule has 0 bridgehead atoms. The molecular weight excluding hydrogens is 337 g/mol. The normalized spacial score (nSPS) is 10.2. The van der Waals surface area contributed by atoms with Crippen LogP contribution in [-0.4, -0.2) is 13.0 Å². The zero-order valence-corrected chi connectivity index (χ0v) is 13.1. The molecule has 0 radical (unpaired) electrons. The number of ether oxygens (including phenoxy) is 1. The summed E-state index contributed by atoms with van der Waals surface area (Å²) in [5.41, 5.74) is 2.13. The molecular formula is C16H15BrFNO2. The topological polar surface area (TPSA) is 38.3 Å². The molecule has 0 saturated heterocycles. The second kappa shape index (κ2) is 7.22. The number of hydrogen-bond donors (Lipinski definition) is 1. The van der Waals surface area contributed by atoms with E-state index in [4.69, 9.17) is 4.74 Å². The van der Waals surface area contributed by atoms with E-state index in [9.17, 15) is 9.18 Å². The van der Waals surface area contributed by atoms with Gasteiger partial charge in [0.25, 0.3) is 5.91 Å². The molecule has 0 aliphatic carbocycles. The molecule has 0 aromatic heterocycles. The molecule has 0 aliphatic heterocycles. The Kier molecular flexibility index (Phi) is 5.33. The molecule has 2 aromatic rings. The van der Waals surface area contributed by atoms with E-state index in [-0.39, 0.29) is 5.56 Å². The molecule has 3 nitrogen and oxygen atoms in total. The van der Waals surface area contributed by atoms with E-state index < -0.39 is 11.7 Å². The first-order valence-corrected chi connectivity index (χ1v) is 7.51. The van der Waals surface area contributed by atoms with Gasteiger partial charge < -0.3 is 10.1 Å². The van der Waals surface area contributed by atoms with Gasteiger partial charge in [-0.05, 0) is 23.3 Å². The molecule has 1 N–H and O–H groups in total. The molecule has 5 heteroatoms. The van der Waals surface area contributed by atoms with Gasteiger partial charge in [0.1, 0.15) is 11.6 Å². The van der Waals surface area contributed by atoms with Gasteiger partial charge in [-0.15, -0.1) is 0 Å². The van der Waals surface area contributed by atoms with E-state index in [2.05, 4.69) is 21.2 Å². The number of carbonyl (C=O) groups excluding carboxylic acids is 1. The Hall–Kier alpha value is -1.88. The second-order valence-electron chi connectivity index (χ2n) is 4.48. The van der Waals surface area contributed by atoms with Crippen molar-refractivity contribution in [2.45, 2.75) is 11.9 Å². The largest absolute Gasteiger partial charge is 0.497 e. The van der Waals surface area contributed by atoms with Crippen molar-refractivity contribution in [2.24, 2.45) is 0 Å². The highest BCUT2D eigenvalue weighted by atomic mass is 79.9. The third-order valence-corrected chi connectivity index (χ3v) is 3.70. The summed E-state index contributed by atoms with van der Waals surface area (Å²) in [6, 6.07) is 12.0. The number of carbonyl (C=O) groups is 1. The van der Waals surface area contributed by atoms with E-state index >= 15 is 0 Å². The summed E-state index contributed by atoms with van der Waals surface area (Å²) in [5.74, 6) is -0.657. The summed E-state index contributed by atoms with van der Waals surface area (Å²) in [5, 5.41) is 3.49.